The number of nitrogens with zero attached hydrogens (tertiary/aromatic N) is 2. The largest absolute Gasteiger partial charge is 0.357 e. The predicted molar refractivity (Wildman–Crippen MR) is 68.6 cm³/mol. The molecule has 0 bridgehead atoms. The molecule has 0 saturated heterocycles. The highest BCUT2D eigenvalue weighted by Crippen LogP contribution is 2.13. The average Bonchev–Trinajstić information content (AvgIpc) is 2.72. The molecule has 2 aromatic rings. The van der Waals surface area contributed by atoms with Crippen LogP contribution in [0, 0.1) is 6.92 Å². The van der Waals surface area contributed by atoms with E-state index in [-0.39, 0.29) is 0 Å². The first-order valence-corrected chi connectivity index (χ1v) is 5.92. The molecule has 0 aliphatic rings. The van der Waals surface area contributed by atoms with Gasteiger partial charge < -0.3 is 5.32 Å². The van der Waals surface area contributed by atoms with Crippen molar-refractivity contribution in [3.63, 3.8) is 0 Å². The van der Waals surface area contributed by atoms with Crippen molar-refractivity contribution in [2.45, 2.75) is 6.92 Å². The molecule has 4 heteroatoms. The lowest BCUT2D eigenvalue weighted by Crippen LogP contribution is -1.96. The summed E-state index contributed by atoms with van der Waals surface area (Å²) in [6.45, 7) is 2.71. The third-order valence-electron chi connectivity index (χ3n) is 2.01. The maximum atomic E-state index is 3.98. The fourth-order valence-electron chi connectivity index (χ4n) is 1.27. The molecule has 1 aromatic carbocycles. The normalized spacial score (nSPS) is 10.8. The van der Waals surface area contributed by atoms with E-state index in [9.17, 15) is 0 Å². The zero-order valence-electron chi connectivity index (χ0n) is 9.05. The fraction of sp³-hybridized carbons (Fsp3) is 0.167. The van der Waals surface area contributed by atoms with E-state index in [2.05, 4.69) is 39.8 Å². The van der Waals surface area contributed by atoms with Gasteiger partial charge in [-0.05, 0) is 12.5 Å². The van der Waals surface area contributed by atoms with Crippen LogP contribution in [0.2, 0.25) is 0 Å². The van der Waals surface area contributed by atoms with Crippen molar-refractivity contribution < 1.29 is 0 Å². The molecule has 2 rings (SSSR count). The van der Waals surface area contributed by atoms with Crippen LogP contribution in [0.25, 0.3) is 6.08 Å². The molecule has 1 aromatic heterocycles. The standard InChI is InChI=1S/C12H13N3S/c1-10-14-15-12(16-10)13-9-5-8-11-6-3-2-4-7-11/h2-8H,9H2,1H3,(H,13,15)/b8-5+. The van der Waals surface area contributed by atoms with Gasteiger partial charge in [0.25, 0.3) is 0 Å². The number of aryl methyl sites for hydroxylation is 1. The summed E-state index contributed by atoms with van der Waals surface area (Å²) in [6, 6.07) is 10.2. The van der Waals surface area contributed by atoms with E-state index in [1.165, 1.54) is 5.56 Å². The monoisotopic (exact) mass is 231 g/mol. The van der Waals surface area contributed by atoms with Crippen molar-refractivity contribution in [1.29, 1.82) is 0 Å². The SMILES string of the molecule is Cc1nnc(NC/C=C/c2ccccc2)s1. The summed E-state index contributed by atoms with van der Waals surface area (Å²) < 4.78 is 0. The summed E-state index contributed by atoms with van der Waals surface area (Å²) in [4.78, 5) is 0. The minimum absolute atomic E-state index is 0.767. The van der Waals surface area contributed by atoms with E-state index < -0.39 is 0 Å². The zero-order valence-corrected chi connectivity index (χ0v) is 9.87. The van der Waals surface area contributed by atoms with Crippen molar-refractivity contribution in [2.75, 3.05) is 11.9 Å². The molecule has 0 unspecified atom stereocenters. The Balaban J connectivity index is 1.82. The zero-order chi connectivity index (χ0) is 11.2. The first-order chi connectivity index (χ1) is 7.84. The molecule has 16 heavy (non-hydrogen) atoms. The molecule has 0 amide bonds. The lowest BCUT2D eigenvalue weighted by Gasteiger charge is -1.95. The molecule has 3 nitrogen and oxygen atoms in total. The highest BCUT2D eigenvalue weighted by atomic mass is 32.1. The minimum atomic E-state index is 0.767. The van der Waals surface area contributed by atoms with Crippen LogP contribution in [0.1, 0.15) is 10.6 Å². The number of rotatable bonds is 4. The predicted octanol–water partition coefficient (Wildman–Crippen LogP) is 2.97. The van der Waals surface area contributed by atoms with E-state index in [4.69, 9.17) is 0 Å². The van der Waals surface area contributed by atoms with Gasteiger partial charge in [-0.15, -0.1) is 10.2 Å². The summed E-state index contributed by atoms with van der Waals surface area (Å²) in [7, 11) is 0. The van der Waals surface area contributed by atoms with E-state index in [0.717, 1.165) is 16.7 Å². The molecular formula is C12H13N3S. The van der Waals surface area contributed by atoms with E-state index >= 15 is 0 Å². The number of hydrogen-bond donors (Lipinski definition) is 1. The van der Waals surface area contributed by atoms with Crippen LogP contribution in [-0.2, 0) is 0 Å². The summed E-state index contributed by atoms with van der Waals surface area (Å²) >= 11 is 1.57. The van der Waals surface area contributed by atoms with Crippen LogP contribution < -0.4 is 5.32 Å². The molecule has 0 aliphatic carbocycles. The highest BCUT2D eigenvalue weighted by Gasteiger charge is 1.95. The number of anilines is 1. The number of aromatic nitrogens is 2. The Kier molecular flexibility index (Phi) is 3.66. The molecule has 0 atom stereocenters. The maximum Gasteiger partial charge on any atom is 0.205 e. The molecule has 0 spiro atoms. The Bertz CT molecular complexity index is 462. The van der Waals surface area contributed by atoms with Crippen molar-refractivity contribution in [2.24, 2.45) is 0 Å². The molecule has 0 saturated carbocycles. The molecule has 1 heterocycles. The van der Waals surface area contributed by atoms with Crippen LogP contribution in [0.4, 0.5) is 5.13 Å². The van der Waals surface area contributed by atoms with Gasteiger partial charge in [-0.1, -0.05) is 53.8 Å². The highest BCUT2D eigenvalue weighted by molar-refractivity contribution is 7.15. The molecule has 0 aliphatic heterocycles. The van der Waals surface area contributed by atoms with Gasteiger partial charge in [0, 0.05) is 6.54 Å². The number of hydrogen-bond acceptors (Lipinski definition) is 4. The van der Waals surface area contributed by atoms with Crippen LogP contribution in [0.15, 0.2) is 36.4 Å². The van der Waals surface area contributed by atoms with Crippen molar-refractivity contribution >= 4 is 22.5 Å². The van der Waals surface area contributed by atoms with Crippen molar-refractivity contribution in [1.82, 2.24) is 10.2 Å². The molecule has 82 valence electrons. The van der Waals surface area contributed by atoms with Crippen molar-refractivity contribution in [3.8, 4) is 0 Å². The summed E-state index contributed by atoms with van der Waals surface area (Å²) in [5, 5.41) is 13.0. The van der Waals surface area contributed by atoms with Crippen LogP contribution in [-0.4, -0.2) is 16.7 Å². The second kappa shape index (κ2) is 5.42. The second-order valence-electron chi connectivity index (χ2n) is 3.32. The van der Waals surface area contributed by atoms with Gasteiger partial charge in [-0.25, -0.2) is 0 Å². The molecule has 0 fully saturated rings. The van der Waals surface area contributed by atoms with Crippen molar-refractivity contribution in [3.05, 3.63) is 47.0 Å². The Morgan fingerprint density at radius 2 is 2.06 bits per heavy atom. The Hall–Kier alpha value is -1.68. The molecular weight excluding hydrogens is 218 g/mol. The van der Waals surface area contributed by atoms with Gasteiger partial charge in [0.1, 0.15) is 5.01 Å². The summed E-state index contributed by atoms with van der Waals surface area (Å²) in [5.74, 6) is 0. The van der Waals surface area contributed by atoms with Gasteiger partial charge in [-0.3, -0.25) is 0 Å². The quantitative estimate of drug-likeness (QED) is 0.879. The third kappa shape index (κ3) is 3.17. The third-order valence-corrected chi connectivity index (χ3v) is 2.80. The Morgan fingerprint density at radius 3 is 2.75 bits per heavy atom. The van der Waals surface area contributed by atoms with Crippen LogP contribution in [0.5, 0.6) is 0 Å². The van der Waals surface area contributed by atoms with Crippen LogP contribution >= 0.6 is 11.3 Å². The van der Waals surface area contributed by atoms with Gasteiger partial charge in [-0.2, -0.15) is 0 Å². The van der Waals surface area contributed by atoms with E-state index in [1.807, 2.05) is 25.1 Å². The first-order valence-electron chi connectivity index (χ1n) is 5.10. The average molecular weight is 231 g/mol. The molecule has 1 N–H and O–H groups in total. The first kappa shape index (κ1) is 10.8. The summed E-state index contributed by atoms with van der Waals surface area (Å²) in [6.07, 6.45) is 4.16. The van der Waals surface area contributed by atoms with Gasteiger partial charge in [0.2, 0.25) is 5.13 Å². The molecule has 0 radical (unpaired) electrons. The lowest BCUT2D eigenvalue weighted by molar-refractivity contribution is 1.04. The number of benzene rings is 1. The van der Waals surface area contributed by atoms with Gasteiger partial charge in [0.15, 0.2) is 0 Å². The Morgan fingerprint density at radius 1 is 1.25 bits per heavy atom. The minimum Gasteiger partial charge on any atom is -0.357 e. The lowest BCUT2D eigenvalue weighted by atomic mass is 10.2. The van der Waals surface area contributed by atoms with Crippen LogP contribution in [0.3, 0.4) is 0 Å². The fourth-order valence-corrected chi connectivity index (χ4v) is 1.87. The number of nitrogens with one attached hydrogen (secondary N) is 1. The summed E-state index contributed by atoms with van der Waals surface area (Å²) in [5.41, 5.74) is 1.21. The Labute approximate surface area is 98.9 Å². The van der Waals surface area contributed by atoms with Gasteiger partial charge >= 0.3 is 0 Å². The second-order valence-corrected chi connectivity index (χ2v) is 4.50. The van der Waals surface area contributed by atoms with E-state index in [0.29, 0.717) is 0 Å². The van der Waals surface area contributed by atoms with E-state index in [1.54, 1.807) is 11.3 Å². The maximum absolute atomic E-state index is 3.98. The topological polar surface area (TPSA) is 37.8 Å². The smallest absolute Gasteiger partial charge is 0.205 e. The van der Waals surface area contributed by atoms with Gasteiger partial charge in [0.05, 0.1) is 0 Å².